The van der Waals surface area contributed by atoms with Gasteiger partial charge in [0.2, 0.25) is 10.0 Å². The van der Waals surface area contributed by atoms with Crippen LogP contribution in [-0.2, 0) is 16.6 Å². The van der Waals surface area contributed by atoms with Crippen LogP contribution in [0.15, 0.2) is 30.6 Å². The zero-order valence-electron chi connectivity index (χ0n) is 10.1. The molecule has 0 aliphatic heterocycles. The fraction of sp³-hybridized carbons (Fsp3) is 0.364. The van der Waals surface area contributed by atoms with E-state index in [0.29, 0.717) is 13.1 Å². The van der Waals surface area contributed by atoms with Gasteiger partial charge in [-0.15, -0.1) is 0 Å². The Morgan fingerprint density at radius 2 is 2.22 bits per heavy atom. The van der Waals surface area contributed by atoms with Crippen LogP contribution in [0, 0.1) is 0 Å². The molecule has 0 amide bonds. The highest BCUT2D eigenvalue weighted by molar-refractivity contribution is 7.89. The molecule has 0 unspecified atom stereocenters. The molecule has 0 spiro atoms. The van der Waals surface area contributed by atoms with E-state index in [1.807, 2.05) is 35.0 Å². The number of hydrogen-bond donors (Lipinski definition) is 2. The largest absolute Gasteiger partial charge is 0.310 e. The third-order valence-electron chi connectivity index (χ3n) is 2.58. The van der Waals surface area contributed by atoms with Crippen molar-refractivity contribution in [1.82, 2.24) is 19.4 Å². The van der Waals surface area contributed by atoms with Crippen LogP contribution in [0.5, 0.6) is 0 Å². The molecule has 98 valence electrons. The predicted molar refractivity (Wildman–Crippen MR) is 69.7 cm³/mol. The van der Waals surface area contributed by atoms with Crippen molar-refractivity contribution in [3.63, 3.8) is 0 Å². The van der Waals surface area contributed by atoms with E-state index in [9.17, 15) is 8.42 Å². The quantitative estimate of drug-likeness (QED) is 0.722. The number of nitrogens with zero attached hydrogens (tertiary/aromatic N) is 2. The van der Waals surface area contributed by atoms with Crippen LogP contribution in [0.1, 0.15) is 5.69 Å². The fourth-order valence-electron chi connectivity index (χ4n) is 1.60. The van der Waals surface area contributed by atoms with E-state index in [1.54, 1.807) is 0 Å². The molecule has 7 heteroatoms. The average Bonchev–Trinajstić information content (AvgIpc) is 2.77. The van der Waals surface area contributed by atoms with Gasteiger partial charge < -0.3 is 9.72 Å². The molecule has 2 aromatic heterocycles. The smallest absolute Gasteiger partial charge is 0.212 e. The van der Waals surface area contributed by atoms with E-state index in [-0.39, 0.29) is 5.75 Å². The zero-order valence-corrected chi connectivity index (χ0v) is 10.9. The van der Waals surface area contributed by atoms with Gasteiger partial charge in [-0.25, -0.2) is 18.1 Å². The minimum absolute atomic E-state index is 0.0663. The van der Waals surface area contributed by atoms with Gasteiger partial charge in [0.15, 0.2) is 0 Å². The molecule has 2 aromatic rings. The van der Waals surface area contributed by atoms with Crippen molar-refractivity contribution in [1.29, 1.82) is 0 Å². The summed E-state index contributed by atoms with van der Waals surface area (Å²) in [7, 11) is -1.72. The summed E-state index contributed by atoms with van der Waals surface area (Å²) >= 11 is 0. The Labute approximate surface area is 106 Å². The molecular weight excluding hydrogens is 252 g/mol. The average molecular weight is 268 g/mol. The Morgan fingerprint density at radius 3 is 2.94 bits per heavy atom. The van der Waals surface area contributed by atoms with Crippen molar-refractivity contribution in [3.8, 4) is 0 Å². The van der Waals surface area contributed by atoms with Crippen LogP contribution < -0.4 is 10.0 Å². The molecule has 6 nitrogen and oxygen atoms in total. The first-order chi connectivity index (χ1) is 8.61. The number of rotatable bonds is 6. The first kappa shape index (κ1) is 13.0. The predicted octanol–water partition coefficient (Wildman–Crippen LogP) is -0.0269. The summed E-state index contributed by atoms with van der Waals surface area (Å²) < 4.78 is 26.6. The molecule has 0 aliphatic rings. The maximum atomic E-state index is 11.2. The second kappa shape index (κ2) is 5.47. The summed E-state index contributed by atoms with van der Waals surface area (Å²) in [5, 5.41) is 3.06. The van der Waals surface area contributed by atoms with Gasteiger partial charge in [-0.2, -0.15) is 0 Å². The molecule has 2 rings (SSSR count). The first-order valence-electron chi connectivity index (χ1n) is 5.65. The first-order valence-corrected chi connectivity index (χ1v) is 7.30. The zero-order chi connectivity index (χ0) is 13.0. The summed E-state index contributed by atoms with van der Waals surface area (Å²) in [6, 6.07) is 5.79. The van der Waals surface area contributed by atoms with Crippen LogP contribution in [-0.4, -0.2) is 37.1 Å². The van der Waals surface area contributed by atoms with Crippen molar-refractivity contribution >= 4 is 15.7 Å². The number of sulfonamides is 1. The van der Waals surface area contributed by atoms with Crippen LogP contribution in [0.2, 0.25) is 0 Å². The Morgan fingerprint density at radius 1 is 1.39 bits per heavy atom. The van der Waals surface area contributed by atoms with Crippen molar-refractivity contribution in [2.45, 2.75) is 6.54 Å². The standard InChI is InChI=1S/C11H16N4O2S/c1-12-18(16,17)7-5-13-8-10-9-15-6-3-2-4-11(15)14-10/h2-4,6,9,12-13H,5,7-8H2,1H3. The maximum absolute atomic E-state index is 11.2. The van der Waals surface area contributed by atoms with Crippen molar-refractivity contribution in [2.24, 2.45) is 0 Å². The number of hydrogen-bond acceptors (Lipinski definition) is 4. The summed E-state index contributed by atoms with van der Waals surface area (Å²) in [5.41, 5.74) is 1.78. The van der Waals surface area contributed by atoms with Crippen molar-refractivity contribution in [3.05, 3.63) is 36.3 Å². The van der Waals surface area contributed by atoms with Crippen molar-refractivity contribution < 1.29 is 8.42 Å². The normalized spacial score (nSPS) is 12.1. The molecule has 0 fully saturated rings. The van der Waals surface area contributed by atoms with Gasteiger partial charge in [0.05, 0.1) is 11.4 Å². The van der Waals surface area contributed by atoms with Gasteiger partial charge in [0.1, 0.15) is 5.65 Å². The Kier molecular flexibility index (Phi) is 3.95. The Bertz CT molecular complexity index is 588. The fourth-order valence-corrected chi connectivity index (χ4v) is 2.21. The second-order valence-electron chi connectivity index (χ2n) is 3.90. The lowest BCUT2D eigenvalue weighted by molar-refractivity contribution is 0.582. The second-order valence-corrected chi connectivity index (χ2v) is 5.94. The van der Waals surface area contributed by atoms with Gasteiger partial charge >= 0.3 is 0 Å². The summed E-state index contributed by atoms with van der Waals surface area (Å²) in [6.07, 6.45) is 3.85. The molecule has 0 saturated heterocycles. The molecular formula is C11H16N4O2S. The third-order valence-corrected chi connectivity index (χ3v) is 3.94. The SMILES string of the molecule is CNS(=O)(=O)CCNCc1cn2ccccc2n1. The van der Waals surface area contributed by atoms with Gasteiger partial charge in [-0.05, 0) is 19.2 Å². The Hall–Kier alpha value is -1.44. The topological polar surface area (TPSA) is 75.5 Å². The lowest BCUT2D eigenvalue weighted by Crippen LogP contribution is -2.29. The van der Waals surface area contributed by atoms with Gasteiger partial charge in [-0.3, -0.25) is 0 Å². The van der Waals surface area contributed by atoms with E-state index >= 15 is 0 Å². The summed E-state index contributed by atoms with van der Waals surface area (Å²) in [4.78, 5) is 4.40. The number of aromatic nitrogens is 2. The summed E-state index contributed by atoms with van der Waals surface area (Å²) in [6.45, 7) is 0.956. The molecule has 2 N–H and O–H groups in total. The highest BCUT2D eigenvalue weighted by atomic mass is 32.2. The molecule has 0 saturated carbocycles. The molecule has 0 radical (unpaired) electrons. The number of nitrogens with one attached hydrogen (secondary N) is 2. The third kappa shape index (κ3) is 3.28. The van der Waals surface area contributed by atoms with Crippen molar-refractivity contribution in [2.75, 3.05) is 19.3 Å². The van der Waals surface area contributed by atoms with E-state index < -0.39 is 10.0 Å². The van der Waals surface area contributed by atoms with Crippen LogP contribution >= 0.6 is 0 Å². The van der Waals surface area contributed by atoms with Crippen LogP contribution in [0.4, 0.5) is 0 Å². The number of imidazole rings is 1. The van der Waals surface area contributed by atoms with Gasteiger partial charge in [0, 0.05) is 25.5 Å². The monoisotopic (exact) mass is 268 g/mol. The molecule has 0 aliphatic carbocycles. The van der Waals surface area contributed by atoms with Gasteiger partial charge in [0.25, 0.3) is 0 Å². The molecule has 2 heterocycles. The van der Waals surface area contributed by atoms with E-state index in [0.717, 1.165) is 11.3 Å². The number of fused-ring (bicyclic) bond motifs is 1. The lowest BCUT2D eigenvalue weighted by Gasteiger charge is -2.03. The molecule has 18 heavy (non-hydrogen) atoms. The van der Waals surface area contributed by atoms with E-state index in [1.165, 1.54) is 7.05 Å². The molecule has 0 atom stereocenters. The maximum Gasteiger partial charge on any atom is 0.212 e. The highest BCUT2D eigenvalue weighted by Crippen LogP contribution is 2.03. The Balaban J connectivity index is 1.87. The van der Waals surface area contributed by atoms with E-state index in [4.69, 9.17) is 0 Å². The number of pyridine rings is 1. The minimum Gasteiger partial charge on any atom is -0.310 e. The molecule has 0 bridgehead atoms. The minimum atomic E-state index is -3.14. The van der Waals surface area contributed by atoms with E-state index in [2.05, 4.69) is 15.0 Å². The van der Waals surface area contributed by atoms with Crippen LogP contribution in [0.25, 0.3) is 5.65 Å². The molecule has 0 aromatic carbocycles. The highest BCUT2D eigenvalue weighted by Gasteiger charge is 2.06. The lowest BCUT2D eigenvalue weighted by atomic mass is 10.5. The summed E-state index contributed by atoms with van der Waals surface area (Å²) in [5.74, 6) is 0.0663. The van der Waals surface area contributed by atoms with Gasteiger partial charge in [-0.1, -0.05) is 6.07 Å². The van der Waals surface area contributed by atoms with Crippen LogP contribution in [0.3, 0.4) is 0 Å².